The van der Waals surface area contributed by atoms with Crippen LogP contribution < -0.4 is 10.6 Å². The van der Waals surface area contributed by atoms with Crippen LogP contribution in [0.5, 0.6) is 0 Å². The molecule has 0 aromatic heterocycles. The monoisotopic (exact) mass is 258 g/mol. The highest BCUT2D eigenvalue weighted by atomic mass is 16.1. The summed E-state index contributed by atoms with van der Waals surface area (Å²) in [5.41, 5.74) is 3.84. The Kier molecular flexibility index (Phi) is 3.83. The summed E-state index contributed by atoms with van der Waals surface area (Å²) < 4.78 is 0. The maximum Gasteiger partial charge on any atom is 0.224 e. The average molecular weight is 258 g/mol. The van der Waals surface area contributed by atoms with Gasteiger partial charge < -0.3 is 10.6 Å². The number of anilines is 1. The van der Waals surface area contributed by atoms with Crippen molar-refractivity contribution in [1.29, 1.82) is 0 Å². The van der Waals surface area contributed by atoms with Gasteiger partial charge in [0.25, 0.3) is 0 Å². The molecular weight excluding hydrogens is 236 g/mol. The van der Waals surface area contributed by atoms with E-state index in [4.69, 9.17) is 0 Å². The Hall–Kier alpha value is -1.35. The van der Waals surface area contributed by atoms with E-state index in [0.29, 0.717) is 12.3 Å². The summed E-state index contributed by atoms with van der Waals surface area (Å²) in [5.74, 6) is 0.723. The molecule has 1 aliphatic heterocycles. The van der Waals surface area contributed by atoms with Crippen molar-refractivity contribution in [1.82, 2.24) is 5.32 Å². The van der Waals surface area contributed by atoms with E-state index in [-0.39, 0.29) is 5.91 Å². The van der Waals surface area contributed by atoms with Crippen molar-refractivity contribution in [2.75, 3.05) is 18.4 Å². The van der Waals surface area contributed by atoms with Crippen molar-refractivity contribution in [2.45, 2.75) is 38.5 Å². The van der Waals surface area contributed by atoms with Gasteiger partial charge in [0.1, 0.15) is 0 Å². The normalized spacial score (nSPS) is 19.2. The smallest absolute Gasteiger partial charge is 0.224 e. The van der Waals surface area contributed by atoms with Gasteiger partial charge in [0.15, 0.2) is 0 Å². The number of amides is 1. The Morgan fingerprint density at radius 3 is 2.84 bits per heavy atom. The van der Waals surface area contributed by atoms with Crippen molar-refractivity contribution < 1.29 is 4.79 Å². The Balaban J connectivity index is 1.56. The molecule has 0 atom stereocenters. The molecule has 0 saturated carbocycles. The second-order valence-electron chi connectivity index (χ2n) is 5.78. The Labute approximate surface area is 114 Å². The Morgan fingerprint density at radius 1 is 1.21 bits per heavy atom. The molecule has 0 unspecified atom stereocenters. The molecule has 3 nitrogen and oxygen atoms in total. The maximum absolute atomic E-state index is 12.0. The van der Waals surface area contributed by atoms with Crippen LogP contribution in [0.15, 0.2) is 18.2 Å². The number of nitrogens with one attached hydrogen (secondary N) is 2. The van der Waals surface area contributed by atoms with Gasteiger partial charge in [-0.1, -0.05) is 6.07 Å². The molecule has 102 valence electrons. The van der Waals surface area contributed by atoms with E-state index < -0.39 is 0 Å². The van der Waals surface area contributed by atoms with Crippen LogP contribution in [-0.4, -0.2) is 19.0 Å². The molecule has 0 bridgehead atoms. The largest absolute Gasteiger partial charge is 0.326 e. The van der Waals surface area contributed by atoms with E-state index in [2.05, 4.69) is 22.8 Å². The van der Waals surface area contributed by atoms with E-state index in [1.54, 1.807) is 0 Å². The van der Waals surface area contributed by atoms with Gasteiger partial charge in [0.05, 0.1) is 0 Å². The lowest BCUT2D eigenvalue weighted by Crippen LogP contribution is -2.30. The number of hydrogen-bond acceptors (Lipinski definition) is 2. The lowest BCUT2D eigenvalue weighted by Gasteiger charge is -2.22. The minimum absolute atomic E-state index is 0.171. The molecule has 1 aromatic carbocycles. The molecule has 1 fully saturated rings. The van der Waals surface area contributed by atoms with Gasteiger partial charge >= 0.3 is 0 Å². The Morgan fingerprint density at radius 2 is 2.00 bits per heavy atom. The van der Waals surface area contributed by atoms with Crippen LogP contribution >= 0.6 is 0 Å². The molecule has 1 saturated heterocycles. The SMILES string of the molecule is O=C(CC1CCNCC1)Nc1ccc2c(c1)CCC2. The van der Waals surface area contributed by atoms with Gasteiger partial charge in [0.2, 0.25) is 5.91 Å². The first kappa shape index (κ1) is 12.7. The molecule has 2 N–H and O–H groups in total. The molecule has 19 heavy (non-hydrogen) atoms. The lowest BCUT2D eigenvalue weighted by molar-refractivity contribution is -0.117. The predicted molar refractivity (Wildman–Crippen MR) is 77.3 cm³/mol. The van der Waals surface area contributed by atoms with Gasteiger partial charge in [0, 0.05) is 12.1 Å². The van der Waals surface area contributed by atoms with Gasteiger partial charge in [-0.15, -0.1) is 0 Å². The van der Waals surface area contributed by atoms with Gasteiger partial charge in [-0.05, 0) is 74.4 Å². The third-order valence-electron chi connectivity index (χ3n) is 4.32. The van der Waals surface area contributed by atoms with Crippen LogP contribution in [0.25, 0.3) is 0 Å². The van der Waals surface area contributed by atoms with E-state index in [9.17, 15) is 4.79 Å². The number of fused-ring (bicyclic) bond motifs is 1. The molecular formula is C16H22N2O. The third-order valence-corrected chi connectivity index (χ3v) is 4.32. The first-order chi connectivity index (χ1) is 9.31. The number of rotatable bonds is 3. The zero-order chi connectivity index (χ0) is 13.1. The summed E-state index contributed by atoms with van der Waals surface area (Å²) in [6, 6.07) is 6.37. The minimum atomic E-state index is 0.171. The van der Waals surface area contributed by atoms with Crippen LogP contribution in [-0.2, 0) is 17.6 Å². The predicted octanol–water partition coefficient (Wildman–Crippen LogP) is 2.50. The van der Waals surface area contributed by atoms with Gasteiger partial charge in [-0.25, -0.2) is 0 Å². The minimum Gasteiger partial charge on any atom is -0.326 e. The fraction of sp³-hybridized carbons (Fsp3) is 0.562. The fourth-order valence-corrected chi connectivity index (χ4v) is 3.21. The van der Waals surface area contributed by atoms with Crippen molar-refractivity contribution in [3.63, 3.8) is 0 Å². The summed E-state index contributed by atoms with van der Waals surface area (Å²) in [4.78, 5) is 12.0. The van der Waals surface area contributed by atoms with Gasteiger partial charge in [-0.2, -0.15) is 0 Å². The average Bonchev–Trinajstić information content (AvgIpc) is 2.87. The number of carbonyl (C=O) groups is 1. The van der Waals surface area contributed by atoms with Crippen molar-refractivity contribution in [3.8, 4) is 0 Å². The van der Waals surface area contributed by atoms with Crippen LogP contribution in [0.1, 0.15) is 36.8 Å². The molecule has 3 heteroatoms. The number of carbonyl (C=O) groups excluding carboxylic acids is 1. The molecule has 1 aromatic rings. The summed E-state index contributed by atoms with van der Waals surface area (Å²) in [6.07, 6.45) is 6.52. The molecule has 1 heterocycles. The van der Waals surface area contributed by atoms with E-state index >= 15 is 0 Å². The maximum atomic E-state index is 12.0. The number of piperidine rings is 1. The standard InChI is InChI=1S/C16H22N2O/c19-16(10-12-6-8-17-9-7-12)18-15-5-4-13-2-1-3-14(13)11-15/h4-5,11-12,17H,1-3,6-10H2,(H,18,19). The summed E-state index contributed by atoms with van der Waals surface area (Å²) in [6.45, 7) is 2.10. The molecule has 1 aliphatic carbocycles. The lowest BCUT2D eigenvalue weighted by atomic mass is 9.94. The topological polar surface area (TPSA) is 41.1 Å². The summed E-state index contributed by atoms with van der Waals surface area (Å²) >= 11 is 0. The molecule has 3 rings (SSSR count). The number of aryl methyl sites for hydroxylation is 2. The molecule has 1 amide bonds. The number of hydrogen-bond donors (Lipinski definition) is 2. The zero-order valence-corrected chi connectivity index (χ0v) is 11.4. The highest BCUT2D eigenvalue weighted by Gasteiger charge is 2.17. The van der Waals surface area contributed by atoms with Gasteiger partial charge in [-0.3, -0.25) is 4.79 Å². The molecule has 2 aliphatic rings. The van der Waals surface area contributed by atoms with E-state index in [0.717, 1.165) is 38.0 Å². The van der Waals surface area contributed by atoms with E-state index in [1.165, 1.54) is 24.0 Å². The fourth-order valence-electron chi connectivity index (χ4n) is 3.21. The summed E-state index contributed by atoms with van der Waals surface area (Å²) in [5, 5.41) is 6.39. The Bertz CT molecular complexity index is 464. The zero-order valence-electron chi connectivity index (χ0n) is 11.4. The quantitative estimate of drug-likeness (QED) is 0.874. The molecule has 0 radical (unpaired) electrons. The first-order valence-corrected chi connectivity index (χ1v) is 7.43. The second-order valence-corrected chi connectivity index (χ2v) is 5.78. The van der Waals surface area contributed by atoms with Crippen LogP contribution in [0.2, 0.25) is 0 Å². The highest BCUT2D eigenvalue weighted by Crippen LogP contribution is 2.25. The highest BCUT2D eigenvalue weighted by molar-refractivity contribution is 5.91. The second kappa shape index (κ2) is 5.74. The van der Waals surface area contributed by atoms with Crippen molar-refractivity contribution in [3.05, 3.63) is 29.3 Å². The van der Waals surface area contributed by atoms with E-state index in [1.807, 2.05) is 6.07 Å². The van der Waals surface area contributed by atoms with Crippen LogP contribution in [0, 0.1) is 5.92 Å². The van der Waals surface area contributed by atoms with Crippen molar-refractivity contribution in [2.24, 2.45) is 5.92 Å². The van der Waals surface area contributed by atoms with Crippen LogP contribution in [0.3, 0.4) is 0 Å². The van der Waals surface area contributed by atoms with Crippen molar-refractivity contribution >= 4 is 11.6 Å². The molecule has 0 spiro atoms. The van der Waals surface area contributed by atoms with Crippen LogP contribution in [0.4, 0.5) is 5.69 Å². The number of benzene rings is 1. The third kappa shape index (κ3) is 3.16. The summed E-state index contributed by atoms with van der Waals surface area (Å²) in [7, 11) is 0. The first-order valence-electron chi connectivity index (χ1n) is 7.43.